The van der Waals surface area contributed by atoms with Gasteiger partial charge in [-0.05, 0) is 38.3 Å². The number of hydrogen-bond acceptors (Lipinski definition) is 4. The molecule has 0 saturated heterocycles. The second kappa shape index (κ2) is 5.68. The maximum atomic E-state index is 12.9. The van der Waals surface area contributed by atoms with E-state index in [1.165, 1.54) is 11.3 Å². The van der Waals surface area contributed by atoms with Gasteiger partial charge in [0.2, 0.25) is 0 Å². The minimum atomic E-state index is -0.224. The summed E-state index contributed by atoms with van der Waals surface area (Å²) in [6, 6.07) is 1.96. The van der Waals surface area contributed by atoms with E-state index in [2.05, 4.69) is 4.98 Å². The first kappa shape index (κ1) is 15.0. The molecule has 0 aromatic carbocycles. The summed E-state index contributed by atoms with van der Waals surface area (Å²) < 4.78 is 1.55. The van der Waals surface area contributed by atoms with Crippen LogP contribution in [0.2, 0.25) is 0 Å². The van der Waals surface area contributed by atoms with E-state index in [4.69, 9.17) is 0 Å². The molecule has 0 radical (unpaired) electrons. The quantitative estimate of drug-likeness (QED) is 0.869. The van der Waals surface area contributed by atoms with Gasteiger partial charge in [-0.15, -0.1) is 11.3 Å². The lowest BCUT2D eigenvalue weighted by Gasteiger charge is -2.22. The third-order valence-corrected chi connectivity index (χ3v) is 5.00. The van der Waals surface area contributed by atoms with Gasteiger partial charge >= 0.3 is 0 Å². The van der Waals surface area contributed by atoms with Crippen LogP contribution in [-0.2, 0) is 13.6 Å². The Morgan fingerprint density at radius 2 is 2.18 bits per heavy atom. The number of thiazole rings is 1. The minimum absolute atomic E-state index is 0.179. The Labute approximate surface area is 133 Å². The number of rotatable bonds is 4. The number of carbonyl (C=O) groups excluding carboxylic acids is 1. The van der Waals surface area contributed by atoms with Crippen molar-refractivity contribution in [2.45, 2.75) is 39.3 Å². The van der Waals surface area contributed by atoms with E-state index in [1.807, 2.05) is 19.2 Å². The summed E-state index contributed by atoms with van der Waals surface area (Å²) in [5.74, 6) is -0.179. The van der Waals surface area contributed by atoms with Crippen LogP contribution in [0.4, 0.5) is 0 Å². The Morgan fingerprint density at radius 3 is 2.77 bits per heavy atom. The molecule has 1 fully saturated rings. The van der Waals surface area contributed by atoms with Crippen molar-refractivity contribution in [3.8, 4) is 0 Å². The molecular formula is C16H19N3O2S. The van der Waals surface area contributed by atoms with E-state index in [9.17, 15) is 9.59 Å². The van der Waals surface area contributed by atoms with Crippen LogP contribution in [0.5, 0.6) is 0 Å². The van der Waals surface area contributed by atoms with Crippen molar-refractivity contribution < 1.29 is 4.79 Å². The maximum Gasteiger partial charge on any atom is 0.263 e. The van der Waals surface area contributed by atoms with Crippen LogP contribution < -0.4 is 5.56 Å². The summed E-state index contributed by atoms with van der Waals surface area (Å²) in [5.41, 5.74) is 1.88. The van der Waals surface area contributed by atoms with Crippen molar-refractivity contribution in [2.24, 2.45) is 7.05 Å². The van der Waals surface area contributed by atoms with Gasteiger partial charge in [-0.1, -0.05) is 0 Å². The zero-order chi connectivity index (χ0) is 15.9. The number of carbonyl (C=O) groups is 1. The van der Waals surface area contributed by atoms with E-state index >= 15 is 0 Å². The highest BCUT2D eigenvalue weighted by molar-refractivity contribution is 7.09. The Kier molecular flexibility index (Phi) is 3.87. The molecule has 6 heteroatoms. The largest absolute Gasteiger partial charge is 0.329 e. The summed E-state index contributed by atoms with van der Waals surface area (Å²) in [6.45, 7) is 4.30. The van der Waals surface area contributed by atoms with Crippen molar-refractivity contribution in [3.05, 3.63) is 49.8 Å². The summed E-state index contributed by atoms with van der Waals surface area (Å²) >= 11 is 1.53. The first-order valence-corrected chi connectivity index (χ1v) is 8.23. The number of aromatic nitrogens is 2. The molecule has 22 heavy (non-hydrogen) atoms. The molecule has 5 nitrogen and oxygen atoms in total. The number of hydrogen-bond donors (Lipinski definition) is 0. The van der Waals surface area contributed by atoms with Crippen LogP contribution in [0.3, 0.4) is 0 Å². The first-order valence-electron chi connectivity index (χ1n) is 7.35. The van der Waals surface area contributed by atoms with Crippen molar-refractivity contribution in [3.63, 3.8) is 0 Å². The molecule has 0 atom stereocenters. The summed E-state index contributed by atoms with van der Waals surface area (Å²) in [4.78, 5) is 31.4. The molecule has 2 aromatic rings. The monoisotopic (exact) mass is 317 g/mol. The molecule has 116 valence electrons. The van der Waals surface area contributed by atoms with E-state index in [-0.39, 0.29) is 23.1 Å². The molecule has 2 aromatic heterocycles. The van der Waals surface area contributed by atoms with Gasteiger partial charge < -0.3 is 9.47 Å². The second-order valence-corrected chi connectivity index (χ2v) is 6.76. The van der Waals surface area contributed by atoms with Gasteiger partial charge in [-0.2, -0.15) is 0 Å². The Morgan fingerprint density at radius 1 is 1.45 bits per heavy atom. The fraction of sp³-hybridized carbons (Fsp3) is 0.438. The van der Waals surface area contributed by atoms with Gasteiger partial charge in [0.1, 0.15) is 10.6 Å². The second-order valence-electron chi connectivity index (χ2n) is 5.78. The molecular weight excluding hydrogens is 298 g/mol. The lowest BCUT2D eigenvalue weighted by Crippen LogP contribution is -2.38. The van der Waals surface area contributed by atoms with Gasteiger partial charge in [0, 0.05) is 30.4 Å². The SMILES string of the molecule is Cc1cc(C(=O)N(Cc2nccs2)C2CC2)c(=O)n(C)c1C. The first-order chi connectivity index (χ1) is 10.5. The molecule has 1 aliphatic carbocycles. The van der Waals surface area contributed by atoms with Crippen LogP contribution in [-0.4, -0.2) is 26.4 Å². The van der Waals surface area contributed by atoms with Gasteiger partial charge in [0.25, 0.3) is 11.5 Å². The number of aryl methyl sites for hydroxylation is 1. The summed E-state index contributed by atoms with van der Waals surface area (Å²) in [6.07, 6.45) is 3.75. The molecule has 0 N–H and O–H groups in total. The van der Waals surface area contributed by atoms with Crippen LogP contribution in [0.1, 0.15) is 39.5 Å². The third-order valence-electron chi connectivity index (χ3n) is 4.24. The Hall–Kier alpha value is -1.95. The molecule has 0 bridgehead atoms. The van der Waals surface area contributed by atoms with E-state index in [0.29, 0.717) is 6.54 Å². The number of amides is 1. The molecule has 0 unspecified atom stereocenters. The standard InChI is InChI=1S/C16H19N3O2S/c1-10-8-13(15(20)18(3)11(10)2)16(21)19(12-4-5-12)9-14-17-6-7-22-14/h6-8,12H,4-5,9H2,1-3H3. The maximum absolute atomic E-state index is 12.9. The lowest BCUT2D eigenvalue weighted by atomic mass is 10.1. The van der Waals surface area contributed by atoms with Crippen molar-refractivity contribution in [1.29, 1.82) is 0 Å². The smallest absolute Gasteiger partial charge is 0.263 e. The number of pyridine rings is 1. The van der Waals surface area contributed by atoms with E-state index < -0.39 is 0 Å². The predicted octanol–water partition coefficient (Wildman–Crippen LogP) is 2.26. The fourth-order valence-electron chi connectivity index (χ4n) is 2.52. The van der Waals surface area contributed by atoms with E-state index in [0.717, 1.165) is 29.1 Å². The van der Waals surface area contributed by atoms with E-state index in [1.54, 1.807) is 28.8 Å². The molecule has 3 rings (SSSR count). The van der Waals surface area contributed by atoms with Crippen LogP contribution in [0.25, 0.3) is 0 Å². The van der Waals surface area contributed by atoms with Crippen LogP contribution >= 0.6 is 11.3 Å². The summed E-state index contributed by atoms with van der Waals surface area (Å²) in [5, 5.41) is 2.81. The van der Waals surface area contributed by atoms with Crippen molar-refractivity contribution in [2.75, 3.05) is 0 Å². The highest BCUT2D eigenvalue weighted by Crippen LogP contribution is 2.30. The molecule has 0 spiro atoms. The fourth-order valence-corrected chi connectivity index (χ4v) is 3.13. The van der Waals surface area contributed by atoms with Gasteiger partial charge in [-0.25, -0.2) is 4.98 Å². The number of nitrogens with zero attached hydrogens (tertiary/aromatic N) is 3. The average Bonchev–Trinajstić information content (AvgIpc) is 3.22. The molecule has 1 amide bonds. The van der Waals surface area contributed by atoms with Crippen LogP contribution in [0, 0.1) is 13.8 Å². The zero-order valence-corrected chi connectivity index (χ0v) is 13.8. The lowest BCUT2D eigenvalue weighted by molar-refractivity contribution is 0.0727. The normalized spacial score (nSPS) is 14.1. The third kappa shape index (κ3) is 2.70. The summed E-state index contributed by atoms with van der Waals surface area (Å²) in [7, 11) is 1.71. The zero-order valence-electron chi connectivity index (χ0n) is 13.0. The van der Waals surface area contributed by atoms with Gasteiger partial charge in [-0.3, -0.25) is 9.59 Å². The van der Waals surface area contributed by atoms with Crippen LogP contribution in [0.15, 0.2) is 22.4 Å². The predicted molar refractivity (Wildman–Crippen MR) is 86.2 cm³/mol. The van der Waals surface area contributed by atoms with Gasteiger partial charge in [0.05, 0.1) is 6.54 Å². The molecule has 1 saturated carbocycles. The van der Waals surface area contributed by atoms with Gasteiger partial charge in [0.15, 0.2) is 0 Å². The average molecular weight is 317 g/mol. The highest BCUT2D eigenvalue weighted by Gasteiger charge is 2.34. The Bertz CT molecular complexity index is 760. The molecule has 0 aliphatic heterocycles. The van der Waals surface area contributed by atoms with Crippen molar-refractivity contribution in [1.82, 2.24) is 14.5 Å². The highest BCUT2D eigenvalue weighted by atomic mass is 32.1. The Balaban J connectivity index is 1.96. The van der Waals surface area contributed by atoms with Crippen molar-refractivity contribution >= 4 is 17.2 Å². The molecule has 2 heterocycles. The molecule has 1 aliphatic rings. The minimum Gasteiger partial charge on any atom is -0.329 e. The topological polar surface area (TPSA) is 55.2 Å².